The van der Waals surface area contributed by atoms with Crippen molar-refractivity contribution in [2.75, 3.05) is 31.7 Å². The third-order valence-corrected chi connectivity index (χ3v) is 4.12. The summed E-state index contributed by atoms with van der Waals surface area (Å²) in [5.74, 6) is -0.954. The van der Waals surface area contributed by atoms with E-state index >= 15 is 0 Å². The quantitative estimate of drug-likeness (QED) is 0.852. The number of fused-ring (bicyclic) bond motifs is 1. The maximum atomic E-state index is 11.3. The fourth-order valence-electron chi connectivity index (χ4n) is 2.96. The lowest BCUT2D eigenvalue weighted by Gasteiger charge is -2.28. The number of rotatable bonds is 6. The Labute approximate surface area is 134 Å². The average molecular weight is 316 g/mol. The molecule has 1 aliphatic rings. The minimum atomic E-state index is -0.954. The van der Waals surface area contributed by atoms with Crippen LogP contribution in [-0.2, 0) is 9.47 Å². The number of carboxylic acid groups (broad SMARTS) is 1. The van der Waals surface area contributed by atoms with Crippen LogP contribution in [0.15, 0.2) is 30.5 Å². The van der Waals surface area contributed by atoms with Gasteiger partial charge in [-0.25, -0.2) is 4.79 Å². The van der Waals surface area contributed by atoms with Gasteiger partial charge in [0.25, 0.3) is 0 Å². The molecule has 0 amide bonds. The molecule has 2 N–H and O–H groups in total. The van der Waals surface area contributed by atoms with E-state index in [9.17, 15) is 9.90 Å². The average Bonchev–Trinajstić information content (AvgIpc) is 3.01. The second kappa shape index (κ2) is 6.52. The van der Waals surface area contributed by atoms with Gasteiger partial charge < -0.3 is 19.9 Å². The molecule has 0 saturated carbocycles. The largest absolute Gasteiger partial charge is 0.478 e. The van der Waals surface area contributed by atoms with Crippen molar-refractivity contribution in [2.24, 2.45) is 0 Å². The summed E-state index contributed by atoms with van der Waals surface area (Å²) in [5.41, 5.74) is 1.37. The third kappa shape index (κ3) is 3.13. The molecule has 122 valence electrons. The van der Waals surface area contributed by atoms with E-state index in [0.717, 1.165) is 12.1 Å². The summed E-state index contributed by atoms with van der Waals surface area (Å²) in [6, 6.07) is 6.88. The predicted molar refractivity (Wildman–Crippen MR) is 87.0 cm³/mol. The molecule has 1 atom stereocenters. The smallest absolute Gasteiger partial charge is 0.336 e. The van der Waals surface area contributed by atoms with Crippen LogP contribution in [0.2, 0.25) is 0 Å². The second-order valence-electron chi connectivity index (χ2n) is 5.64. The van der Waals surface area contributed by atoms with E-state index in [4.69, 9.17) is 9.47 Å². The predicted octanol–water partition coefficient (Wildman–Crippen LogP) is 2.54. The minimum absolute atomic E-state index is 0.252. The van der Waals surface area contributed by atoms with Gasteiger partial charge in [-0.15, -0.1) is 0 Å². The van der Waals surface area contributed by atoms with E-state index < -0.39 is 5.97 Å². The van der Waals surface area contributed by atoms with Crippen LogP contribution in [0.5, 0.6) is 0 Å². The Morgan fingerprint density at radius 1 is 1.48 bits per heavy atom. The fraction of sp³-hybridized carbons (Fsp3) is 0.412. The molecular formula is C17H20N2O4. The Balaban J connectivity index is 1.89. The first-order valence-corrected chi connectivity index (χ1v) is 7.72. The lowest BCUT2D eigenvalue weighted by atomic mass is 10.0. The highest BCUT2D eigenvalue weighted by Gasteiger charge is 2.35. The van der Waals surface area contributed by atoms with Crippen LogP contribution in [0.25, 0.3) is 10.9 Å². The molecule has 1 aromatic carbocycles. The third-order valence-electron chi connectivity index (χ3n) is 4.12. The van der Waals surface area contributed by atoms with Crippen molar-refractivity contribution in [2.45, 2.75) is 18.9 Å². The Kier molecular flexibility index (Phi) is 4.45. The summed E-state index contributed by atoms with van der Waals surface area (Å²) in [6.07, 6.45) is 2.50. The van der Waals surface area contributed by atoms with Crippen LogP contribution < -0.4 is 5.32 Å². The summed E-state index contributed by atoms with van der Waals surface area (Å²) in [6.45, 7) is 4.45. The first-order chi connectivity index (χ1) is 11.2. The maximum Gasteiger partial charge on any atom is 0.336 e. The van der Waals surface area contributed by atoms with Gasteiger partial charge in [-0.2, -0.15) is 0 Å². The standard InChI is InChI=1S/C17H20N2O4/c1-2-23-17(7-9-22-11-17)10-19-14-6-5-13(16(20)21)12-4-3-8-18-15(12)14/h3-6,8,19H,2,7,9-11H2,1H3,(H,20,21). The zero-order valence-electron chi connectivity index (χ0n) is 13.0. The number of carboxylic acids is 1. The summed E-state index contributed by atoms with van der Waals surface area (Å²) in [4.78, 5) is 15.7. The number of benzene rings is 1. The van der Waals surface area contributed by atoms with Crippen molar-refractivity contribution in [3.05, 3.63) is 36.0 Å². The van der Waals surface area contributed by atoms with Gasteiger partial charge >= 0.3 is 5.97 Å². The molecule has 23 heavy (non-hydrogen) atoms. The first kappa shape index (κ1) is 15.7. The van der Waals surface area contributed by atoms with Crippen LogP contribution in [-0.4, -0.2) is 48.0 Å². The molecule has 0 aliphatic carbocycles. The highest BCUT2D eigenvalue weighted by Crippen LogP contribution is 2.28. The van der Waals surface area contributed by atoms with Crippen LogP contribution in [0.3, 0.4) is 0 Å². The van der Waals surface area contributed by atoms with Gasteiger partial charge in [-0.3, -0.25) is 4.98 Å². The summed E-state index contributed by atoms with van der Waals surface area (Å²) in [7, 11) is 0. The number of anilines is 1. The molecule has 6 heteroatoms. The van der Waals surface area contributed by atoms with E-state index in [-0.39, 0.29) is 11.2 Å². The number of nitrogens with one attached hydrogen (secondary N) is 1. The summed E-state index contributed by atoms with van der Waals surface area (Å²) < 4.78 is 11.4. The van der Waals surface area contributed by atoms with E-state index in [2.05, 4.69) is 10.3 Å². The summed E-state index contributed by atoms with van der Waals surface area (Å²) >= 11 is 0. The second-order valence-corrected chi connectivity index (χ2v) is 5.64. The molecule has 2 aromatic rings. The number of carbonyl (C=O) groups is 1. The normalized spacial score (nSPS) is 20.7. The summed E-state index contributed by atoms with van der Waals surface area (Å²) in [5, 5.41) is 13.3. The van der Waals surface area contributed by atoms with E-state index in [1.807, 2.05) is 6.92 Å². The molecule has 1 aromatic heterocycles. The minimum Gasteiger partial charge on any atom is -0.478 e. The number of nitrogens with zero attached hydrogens (tertiary/aromatic N) is 1. The monoisotopic (exact) mass is 316 g/mol. The number of ether oxygens (including phenoxy) is 2. The van der Waals surface area contributed by atoms with Crippen molar-refractivity contribution < 1.29 is 19.4 Å². The lowest BCUT2D eigenvalue weighted by Crippen LogP contribution is -2.40. The van der Waals surface area contributed by atoms with Gasteiger partial charge in [0.1, 0.15) is 5.60 Å². The van der Waals surface area contributed by atoms with Gasteiger partial charge in [-0.05, 0) is 25.1 Å². The van der Waals surface area contributed by atoms with Crippen molar-refractivity contribution >= 4 is 22.6 Å². The molecule has 6 nitrogen and oxygen atoms in total. The van der Waals surface area contributed by atoms with E-state index in [1.54, 1.807) is 30.5 Å². The topological polar surface area (TPSA) is 80.7 Å². The first-order valence-electron chi connectivity index (χ1n) is 7.72. The van der Waals surface area contributed by atoms with Gasteiger partial charge in [0.2, 0.25) is 0 Å². The molecule has 1 fully saturated rings. The molecule has 3 rings (SSSR count). The Hall–Kier alpha value is -2.18. The van der Waals surface area contributed by atoms with Gasteiger partial charge in [0, 0.05) is 37.8 Å². The van der Waals surface area contributed by atoms with Crippen molar-refractivity contribution in [1.82, 2.24) is 4.98 Å². The Bertz CT molecular complexity index is 711. The molecule has 2 heterocycles. The van der Waals surface area contributed by atoms with E-state index in [0.29, 0.717) is 37.3 Å². The number of hydrogen-bond acceptors (Lipinski definition) is 5. The number of aromatic carboxylic acids is 1. The maximum absolute atomic E-state index is 11.3. The van der Waals surface area contributed by atoms with Crippen LogP contribution in [0, 0.1) is 0 Å². The number of hydrogen-bond donors (Lipinski definition) is 2. The van der Waals surface area contributed by atoms with Crippen molar-refractivity contribution in [3.63, 3.8) is 0 Å². The van der Waals surface area contributed by atoms with Gasteiger partial charge in [0.15, 0.2) is 0 Å². The SMILES string of the molecule is CCOC1(CNc2ccc(C(=O)O)c3cccnc23)CCOC1. The zero-order chi connectivity index (χ0) is 16.3. The van der Waals surface area contributed by atoms with E-state index in [1.165, 1.54) is 0 Å². The highest BCUT2D eigenvalue weighted by molar-refractivity contribution is 6.06. The number of aromatic nitrogens is 1. The van der Waals surface area contributed by atoms with Crippen LogP contribution >= 0.6 is 0 Å². The molecule has 0 bridgehead atoms. The zero-order valence-corrected chi connectivity index (χ0v) is 13.0. The Morgan fingerprint density at radius 3 is 3.04 bits per heavy atom. The number of pyridine rings is 1. The highest BCUT2D eigenvalue weighted by atomic mass is 16.6. The van der Waals surface area contributed by atoms with Crippen molar-refractivity contribution in [3.8, 4) is 0 Å². The fourth-order valence-corrected chi connectivity index (χ4v) is 2.96. The molecule has 1 aliphatic heterocycles. The lowest BCUT2D eigenvalue weighted by molar-refractivity contribution is -0.0333. The molecule has 1 unspecified atom stereocenters. The van der Waals surface area contributed by atoms with Gasteiger partial charge in [-0.1, -0.05) is 6.07 Å². The van der Waals surface area contributed by atoms with Crippen molar-refractivity contribution in [1.29, 1.82) is 0 Å². The Morgan fingerprint density at radius 2 is 2.35 bits per heavy atom. The molecule has 0 spiro atoms. The van der Waals surface area contributed by atoms with Gasteiger partial charge in [0.05, 0.1) is 23.4 Å². The molecule has 1 saturated heterocycles. The molecule has 0 radical (unpaired) electrons. The van der Waals surface area contributed by atoms with Crippen LogP contribution in [0.4, 0.5) is 5.69 Å². The van der Waals surface area contributed by atoms with Crippen LogP contribution in [0.1, 0.15) is 23.7 Å². The molecular weight excluding hydrogens is 296 g/mol.